The molecule has 8 nitrogen and oxygen atoms in total. The van der Waals surface area contributed by atoms with E-state index in [1.54, 1.807) is 16.9 Å². The maximum atomic E-state index is 13.7. The molecular weight excluding hydrogens is 583 g/mol. The van der Waals surface area contributed by atoms with Crippen LogP contribution >= 0.6 is 0 Å². The molecule has 0 radical (unpaired) electrons. The summed E-state index contributed by atoms with van der Waals surface area (Å²) in [6, 6.07) is 26.0. The first-order valence-corrected chi connectivity index (χ1v) is 14.8. The second-order valence-corrected chi connectivity index (χ2v) is 11.1. The standard InChI is InChI=1S/C33H38N6O2.2ClH/c1-4-28-34-24(2)30-33(40)38(27-16-17-29(41-3)35-32(27)39(28)30)19-11-18-36-20-22-37(23-21-36)31(25-12-7-5-8-13-25)26-14-9-6-10-15-26;;/h5-10,12-17,31H,4,11,18-23H2,1-3H3;2*1H. The average molecular weight is 624 g/mol. The molecule has 10 heteroatoms. The molecule has 1 aliphatic heterocycles. The molecule has 1 fully saturated rings. The number of hydrogen-bond donors (Lipinski definition) is 2. The third-order valence-corrected chi connectivity index (χ3v) is 8.61. The molecule has 43 heavy (non-hydrogen) atoms. The highest BCUT2D eigenvalue weighted by Crippen LogP contribution is 2.21. The Morgan fingerprint density at radius 1 is 0.884 bits per heavy atom. The highest BCUT2D eigenvalue weighted by atomic mass is 35.5. The fourth-order valence-electron chi connectivity index (χ4n) is 6.58. The monoisotopic (exact) mass is 622 g/mol. The van der Waals surface area contributed by atoms with Gasteiger partial charge in [-0.3, -0.25) is 9.20 Å². The van der Waals surface area contributed by atoms with E-state index in [1.165, 1.54) is 11.1 Å². The molecule has 1 saturated heterocycles. The third kappa shape index (κ3) is 6.43. The molecule has 2 N–H and O–H groups in total. The second kappa shape index (κ2) is 14.4. The van der Waals surface area contributed by atoms with Gasteiger partial charge in [0.1, 0.15) is 43.6 Å². The summed E-state index contributed by atoms with van der Waals surface area (Å²) in [6.07, 6.45) is 1.65. The number of quaternary nitrogens is 2. The Balaban J connectivity index is 0.00000212. The van der Waals surface area contributed by atoms with Crippen LogP contribution in [0.15, 0.2) is 77.6 Å². The minimum atomic E-state index is 0. The van der Waals surface area contributed by atoms with Crippen molar-refractivity contribution in [2.75, 3.05) is 39.8 Å². The zero-order chi connectivity index (χ0) is 28.3. The number of benzene rings is 2. The van der Waals surface area contributed by atoms with Gasteiger partial charge >= 0.3 is 0 Å². The molecule has 4 heterocycles. The van der Waals surface area contributed by atoms with Gasteiger partial charge in [-0.05, 0) is 13.0 Å². The summed E-state index contributed by atoms with van der Waals surface area (Å²) in [5.74, 6) is 1.38. The van der Waals surface area contributed by atoms with Crippen LogP contribution in [0.25, 0.3) is 16.7 Å². The Hall–Kier alpha value is -3.43. The van der Waals surface area contributed by atoms with Crippen LogP contribution in [0.1, 0.15) is 42.0 Å². The van der Waals surface area contributed by atoms with Crippen molar-refractivity contribution in [3.63, 3.8) is 0 Å². The predicted molar refractivity (Wildman–Crippen MR) is 161 cm³/mol. The predicted octanol–water partition coefficient (Wildman–Crippen LogP) is -4.11. The normalized spacial score (nSPS) is 16.7. The highest BCUT2D eigenvalue weighted by Gasteiger charge is 2.31. The first-order chi connectivity index (χ1) is 20.1. The van der Waals surface area contributed by atoms with Crippen molar-refractivity contribution in [3.8, 4) is 5.88 Å². The summed E-state index contributed by atoms with van der Waals surface area (Å²) in [5.41, 5.74) is 5.70. The van der Waals surface area contributed by atoms with E-state index in [4.69, 9.17) is 14.7 Å². The number of halogens is 2. The lowest BCUT2D eigenvalue weighted by molar-refractivity contribution is -1.02. The number of rotatable bonds is 9. The van der Waals surface area contributed by atoms with Crippen molar-refractivity contribution in [1.29, 1.82) is 0 Å². The Morgan fingerprint density at radius 3 is 2.09 bits per heavy atom. The number of nitrogens with one attached hydrogen (secondary N) is 2. The number of fused-ring (bicyclic) bond motifs is 3. The fourth-order valence-corrected chi connectivity index (χ4v) is 6.58. The van der Waals surface area contributed by atoms with E-state index in [2.05, 4.69) is 67.6 Å². The van der Waals surface area contributed by atoms with Gasteiger partial charge in [-0.2, -0.15) is 4.98 Å². The molecule has 3 aromatic heterocycles. The van der Waals surface area contributed by atoms with E-state index in [0.717, 1.165) is 68.2 Å². The summed E-state index contributed by atoms with van der Waals surface area (Å²) in [4.78, 5) is 26.4. The average Bonchev–Trinajstić information content (AvgIpc) is 3.37. The first kappa shape index (κ1) is 32.5. The van der Waals surface area contributed by atoms with E-state index in [1.807, 2.05) is 28.0 Å². The van der Waals surface area contributed by atoms with Crippen LogP contribution < -0.4 is 44.9 Å². The van der Waals surface area contributed by atoms with Gasteiger partial charge in [0.2, 0.25) is 5.88 Å². The minimum absolute atomic E-state index is 0. The summed E-state index contributed by atoms with van der Waals surface area (Å²) in [6.45, 7) is 10.2. The quantitative estimate of drug-likeness (QED) is 0.175. The zero-order valence-corrected chi connectivity index (χ0v) is 26.5. The Kier molecular flexibility index (Phi) is 10.8. The van der Waals surface area contributed by atoms with Gasteiger partial charge in [-0.1, -0.05) is 67.6 Å². The second-order valence-electron chi connectivity index (χ2n) is 11.1. The van der Waals surface area contributed by atoms with E-state index < -0.39 is 0 Å². The van der Waals surface area contributed by atoms with E-state index >= 15 is 0 Å². The zero-order valence-electron chi connectivity index (χ0n) is 25.0. The van der Waals surface area contributed by atoms with Crippen LogP contribution in [0.2, 0.25) is 0 Å². The maximum Gasteiger partial charge on any atom is 0.277 e. The van der Waals surface area contributed by atoms with Crippen molar-refractivity contribution in [1.82, 2.24) is 18.9 Å². The molecule has 228 valence electrons. The number of methoxy groups -OCH3 is 1. The molecule has 1 aliphatic rings. The van der Waals surface area contributed by atoms with Gasteiger partial charge in [0, 0.05) is 36.6 Å². The molecule has 0 amide bonds. The lowest BCUT2D eigenvalue weighted by Crippen LogP contribution is -3.28. The molecule has 5 aromatic rings. The van der Waals surface area contributed by atoms with Gasteiger partial charge in [-0.15, -0.1) is 0 Å². The number of ether oxygens (including phenoxy) is 1. The lowest BCUT2D eigenvalue weighted by Gasteiger charge is -2.35. The third-order valence-electron chi connectivity index (χ3n) is 8.61. The topological polar surface area (TPSA) is 70.3 Å². The molecule has 2 aromatic carbocycles. The Labute approximate surface area is 265 Å². The van der Waals surface area contributed by atoms with Crippen molar-refractivity contribution in [3.05, 3.63) is 106 Å². The summed E-state index contributed by atoms with van der Waals surface area (Å²) < 4.78 is 9.25. The first-order valence-electron chi connectivity index (χ1n) is 14.8. The number of piperazine rings is 1. The molecule has 0 spiro atoms. The van der Waals surface area contributed by atoms with Crippen LogP contribution in [0.3, 0.4) is 0 Å². The van der Waals surface area contributed by atoms with Crippen LogP contribution in [0.4, 0.5) is 0 Å². The molecular formula is C33H40Cl2N6O2. The Bertz CT molecular complexity index is 1660. The van der Waals surface area contributed by atoms with Crippen LogP contribution in [-0.4, -0.2) is 58.8 Å². The van der Waals surface area contributed by atoms with Crippen molar-refractivity contribution in [2.45, 2.75) is 39.3 Å². The van der Waals surface area contributed by atoms with E-state index in [0.29, 0.717) is 24.0 Å². The number of nitrogens with zero attached hydrogens (tertiary/aromatic N) is 4. The number of aromatic nitrogens is 4. The van der Waals surface area contributed by atoms with Crippen molar-refractivity contribution >= 4 is 16.7 Å². The van der Waals surface area contributed by atoms with E-state index in [9.17, 15) is 4.79 Å². The molecule has 0 aliphatic carbocycles. The van der Waals surface area contributed by atoms with Gasteiger partial charge in [0.25, 0.3) is 5.56 Å². The smallest absolute Gasteiger partial charge is 0.277 e. The van der Waals surface area contributed by atoms with Gasteiger partial charge < -0.3 is 43.9 Å². The van der Waals surface area contributed by atoms with Crippen molar-refractivity contribution in [2.24, 2.45) is 0 Å². The van der Waals surface area contributed by atoms with E-state index in [-0.39, 0.29) is 30.4 Å². The molecule has 0 unspecified atom stereocenters. The largest absolute Gasteiger partial charge is 1.00 e. The number of imidazole rings is 1. The summed E-state index contributed by atoms with van der Waals surface area (Å²) in [7, 11) is 1.62. The SMILES string of the molecule is CCc1nc(C)c2c(=O)n(CCC[NH+]3CC[NH+](C(c4ccccc4)c4ccccc4)CC3)c3ccc(OC)nc3n12.[Cl-].[Cl-]. The van der Waals surface area contributed by atoms with Crippen LogP contribution in [0.5, 0.6) is 5.88 Å². The van der Waals surface area contributed by atoms with Gasteiger partial charge in [-0.25, -0.2) is 4.98 Å². The maximum absolute atomic E-state index is 13.7. The minimum Gasteiger partial charge on any atom is -1.00 e. The van der Waals surface area contributed by atoms with Crippen molar-refractivity contribution < 1.29 is 39.4 Å². The lowest BCUT2D eigenvalue weighted by atomic mass is 9.96. The van der Waals surface area contributed by atoms with Gasteiger partial charge in [0.05, 0.1) is 24.9 Å². The number of hydrogen-bond acceptors (Lipinski definition) is 4. The summed E-state index contributed by atoms with van der Waals surface area (Å²) >= 11 is 0. The fraction of sp³-hybridized carbons (Fsp3) is 0.364. The molecule has 6 rings (SSSR count). The Morgan fingerprint density at radius 2 is 1.51 bits per heavy atom. The summed E-state index contributed by atoms with van der Waals surface area (Å²) in [5, 5.41) is 0. The van der Waals surface area contributed by atoms with Crippen LogP contribution in [0, 0.1) is 6.92 Å². The number of aryl methyl sites for hydroxylation is 3. The molecule has 0 atom stereocenters. The molecule has 0 saturated carbocycles. The van der Waals surface area contributed by atoms with Gasteiger partial charge in [0.15, 0.2) is 5.65 Å². The number of pyridine rings is 1. The molecule has 0 bridgehead atoms. The highest BCUT2D eigenvalue weighted by molar-refractivity contribution is 5.77. The van der Waals surface area contributed by atoms with Crippen LogP contribution in [-0.2, 0) is 13.0 Å².